The van der Waals surface area contributed by atoms with E-state index in [4.69, 9.17) is 0 Å². The summed E-state index contributed by atoms with van der Waals surface area (Å²) in [4.78, 5) is 0. The van der Waals surface area contributed by atoms with Crippen molar-refractivity contribution in [2.45, 2.75) is 6.54 Å². The molecule has 0 unspecified atom stereocenters. The molecule has 2 aromatic carbocycles. The Hall–Kier alpha value is -2.04. The molecule has 1 nitrogen and oxygen atoms in total. The standard InChI is InChI=1S/C13H9F4N/c14-10-3-1-8(5-12(10)16)7-18-9-2-4-11(15)13(17)6-9/h1-6,18H,7H2. The van der Waals surface area contributed by atoms with Crippen LogP contribution < -0.4 is 5.32 Å². The lowest BCUT2D eigenvalue weighted by Gasteiger charge is -2.07. The lowest BCUT2D eigenvalue weighted by molar-refractivity contribution is 0.507. The van der Waals surface area contributed by atoms with Crippen molar-refractivity contribution in [1.29, 1.82) is 0 Å². The molecular formula is C13H9F4N. The highest BCUT2D eigenvalue weighted by Gasteiger charge is 2.04. The summed E-state index contributed by atoms with van der Waals surface area (Å²) in [6.45, 7) is 0.183. The first-order valence-electron chi connectivity index (χ1n) is 5.19. The van der Waals surface area contributed by atoms with Crippen LogP contribution >= 0.6 is 0 Å². The first-order valence-corrected chi connectivity index (χ1v) is 5.19. The Morgan fingerprint density at radius 3 is 1.94 bits per heavy atom. The SMILES string of the molecule is Fc1ccc(CNc2ccc(F)c(F)c2)cc1F. The molecule has 0 bridgehead atoms. The molecule has 0 saturated carbocycles. The lowest BCUT2D eigenvalue weighted by Crippen LogP contribution is -2.01. The lowest BCUT2D eigenvalue weighted by atomic mass is 10.2. The predicted octanol–water partition coefficient (Wildman–Crippen LogP) is 3.86. The van der Waals surface area contributed by atoms with Crippen LogP contribution in [0.1, 0.15) is 5.56 Å². The van der Waals surface area contributed by atoms with Gasteiger partial charge >= 0.3 is 0 Å². The van der Waals surface area contributed by atoms with Gasteiger partial charge in [-0.15, -0.1) is 0 Å². The highest BCUT2D eigenvalue weighted by molar-refractivity contribution is 5.44. The molecule has 0 aliphatic rings. The van der Waals surface area contributed by atoms with Crippen molar-refractivity contribution in [2.24, 2.45) is 0 Å². The molecule has 1 N–H and O–H groups in total. The van der Waals surface area contributed by atoms with Gasteiger partial charge < -0.3 is 5.32 Å². The third-order valence-corrected chi connectivity index (χ3v) is 2.40. The number of anilines is 1. The summed E-state index contributed by atoms with van der Waals surface area (Å²) in [6, 6.07) is 6.81. The molecule has 0 fully saturated rings. The molecule has 5 heteroatoms. The zero-order chi connectivity index (χ0) is 13.1. The van der Waals surface area contributed by atoms with Crippen molar-refractivity contribution in [3.8, 4) is 0 Å². The number of benzene rings is 2. The van der Waals surface area contributed by atoms with E-state index in [1.54, 1.807) is 0 Å². The second-order valence-corrected chi connectivity index (χ2v) is 3.73. The first kappa shape index (κ1) is 12.4. The Labute approximate surface area is 101 Å². The van der Waals surface area contributed by atoms with E-state index in [9.17, 15) is 17.6 Å². The Kier molecular flexibility index (Phi) is 3.50. The molecular weight excluding hydrogens is 246 g/mol. The summed E-state index contributed by atoms with van der Waals surface area (Å²) in [5.41, 5.74) is 0.859. The van der Waals surface area contributed by atoms with Crippen LogP contribution in [0.2, 0.25) is 0 Å². The maximum absolute atomic E-state index is 12.9. The van der Waals surface area contributed by atoms with E-state index in [2.05, 4.69) is 5.32 Å². The van der Waals surface area contributed by atoms with Gasteiger partial charge in [-0.1, -0.05) is 6.07 Å². The predicted molar refractivity (Wildman–Crippen MR) is 60.0 cm³/mol. The number of halogens is 4. The van der Waals surface area contributed by atoms with E-state index in [0.29, 0.717) is 11.3 Å². The van der Waals surface area contributed by atoms with Crippen molar-refractivity contribution >= 4 is 5.69 Å². The van der Waals surface area contributed by atoms with E-state index < -0.39 is 23.3 Å². The van der Waals surface area contributed by atoms with E-state index >= 15 is 0 Å². The largest absolute Gasteiger partial charge is 0.381 e. The Morgan fingerprint density at radius 1 is 0.722 bits per heavy atom. The molecule has 2 rings (SSSR count). The number of hydrogen-bond donors (Lipinski definition) is 1. The normalized spacial score (nSPS) is 10.4. The fourth-order valence-corrected chi connectivity index (χ4v) is 1.46. The van der Waals surface area contributed by atoms with Crippen molar-refractivity contribution in [1.82, 2.24) is 0 Å². The summed E-state index contributed by atoms with van der Waals surface area (Å²) in [5, 5.41) is 2.78. The number of hydrogen-bond acceptors (Lipinski definition) is 1. The van der Waals surface area contributed by atoms with Crippen LogP contribution in [0.3, 0.4) is 0 Å². The van der Waals surface area contributed by atoms with Crippen LogP contribution in [0.5, 0.6) is 0 Å². The van der Waals surface area contributed by atoms with Gasteiger partial charge in [-0.25, -0.2) is 17.6 Å². The van der Waals surface area contributed by atoms with Crippen molar-refractivity contribution in [3.63, 3.8) is 0 Å². The van der Waals surface area contributed by atoms with E-state index in [0.717, 1.165) is 24.3 Å². The van der Waals surface area contributed by atoms with Crippen molar-refractivity contribution in [2.75, 3.05) is 5.32 Å². The minimum Gasteiger partial charge on any atom is -0.381 e. The molecule has 0 aliphatic heterocycles. The summed E-state index contributed by atoms with van der Waals surface area (Å²) in [6.07, 6.45) is 0. The minimum absolute atomic E-state index is 0.183. The van der Waals surface area contributed by atoms with Gasteiger partial charge in [0.15, 0.2) is 23.3 Å². The number of nitrogens with one attached hydrogen (secondary N) is 1. The van der Waals surface area contributed by atoms with Crippen LogP contribution in [0, 0.1) is 23.3 Å². The fourth-order valence-electron chi connectivity index (χ4n) is 1.46. The molecule has 0 radical (unpaired) electrons. The van der Waals surface area contributed by atoms with E-state index in [1.807, 2.05) is 0 Å². The molecule has 0 heterocycles. The summed E-state index contributed by atoms with van der Waals surface area (Å²) < 4.78 is 51.1. The van der Waals surface area contributed by atoms with Gasteiger partial charge in [0.25, 0.3) is 0 Å². The second-order valence-electron chi connectivity index (χ2n) is 3.73. The Balaban J connectivity index is 2.06. The average Bonchev–Trinajstić information content (AvgIpc) is 2.35. The van der Waals surface area contributed by atoms with Crippen molar-refractivity contribution < 1.29 is 17.6 Å². The van der Waals surface area contributed by atoms with Gasteiger partial charge in [0, 0.05) is 18.3 Å². The van der Waals surface area contributed by atoms with Crippen molar-refractivity contribution in [3.05, 3.63) is 65.2 Å². The second kappa shape index (κ2) is 5.08. The summed E-state index contributed by atoms with van der Waals surface area (Å²) in [5.74, 6) is -3.77. The van der Waals surface area contributed by atoms with E-state index in [1.165, 1.54) is 12.1 Å². The zero-order valence-electron chi connectivity index (χ0n) is 9.18. The molecule has 0 aliphatic carbocycles. The monoisotopic (exact) mass is 255 g/mol. The summed E-state index contributed by atoms with van der Waals surface area (Å²) in [7, 11) is 0. The van der Waals surface area contributed by atoms with E-state index in [-0.39, 0.29) is 6.54 Å². The smallest absolute Gasteiger partial charge is 0.160 e. The minimum atomic E-state index is -0.967. The molecule has 94 valence electrons. The van der Waals surface area contributed by atoms with Crippen LogP contribution in [0.4, 0.5) is 23.2 Å². The maximum Gasteiger partial charge on any atom is 0.160 e. The van der Waals surface area contributed by atoms with Crippen LogP contribution in [-0.2, 0) is 6.54 Å². The van der Waals surface area contributed by atoms with Gasteiger partial charge in [-0.2, -0.15) is 0 Å². The molecule has 0 saturated heterocycles. The molecule has 0 amide bonds. The molecule has 18 heavy (non-hydrogen) atoms. The quantitative estimate of drug-likeness (QED) is 0.821. The van der Waals surface area contributed by atoms with Crippen LogP contribution in [-0.4, -0.2) is 0 Å². The van der Waals surface area contributed by atoms with Gasteiger partial charge in [0.1, 0.15) is 0 Å². The zero-order valence-corrected chi connectivity index (χ0v) is 9.18. The first-order chi connectivity index (χ1) is 8.56. The third-order valence-electron chi connectivity index (χ3n) is 2.40. The van der Waals surface area contributed by atoms with Crippen LogP contribution in [0.25, 0.3) is 0 Å². The topological polar surface area (TPSA) is 12.0 Å². The molecule has 0 atom stereocenters. The highest BCUT2D eigenvalue weighted by Crippen LogP contribution is 2.15. The average molecular weight is 255 g/mol. The highest BCUT2D eigenvalue weighted by atomic mass is 19.2. The molecule has 2 aromatic rings. The van der Waals surface area contributed by atoms with Gasteiger partial charge in [0.05, 0.1) is 0 Å². The number of rotatable bonds is 3. The Bertz CT molecular complexity index is 517. The Morgan fingerprint density at radius 2 is 1.33 bits per heavy atom. The maximum atomic E-state index is 12.9. The molecule has 0 aromatic heterocycles. The molecule has 0 spiro atoms. The van der Waals surface area contributed by atoms with Crippen LogP contribution in [0.15, 0.2) is 36.4 Å². The van der Waals surface area contributed by atoms with Gasteiger partial charge in [0.2, 0.25) is 0 Å². The third kappa shape index (κ3) is 2.80. The summed E-state index contributed by atoms with van der Waals surface area (Å²) >= 11 is 0. The van der Waals surface area contributed by atoms with Gasteiger partial charge in [-0.3, -0.25) is 0 Å². The van der Waals surface area contributed by atoms with Gasteiger partial charge in [-0.05, 0) is 29.8 Å². The fraction of sp³-hybridized carbons (Fsp3) is 0.0769.